The van der Waals surface area contributed by atoms with Crippen LogP contribution in [0.3, 0.4) is 0 Å². The lowest BCUT2D eigenvalue weighted by Crippen LogP contribution is -2.33. The molecular formula is C37H32F2N6O4S. The molecule has 50 heavy (non-hydrogen) atoms. The van der Waals surface area contributed by atoms with Crippen LogP contribution in [0.25, 0.3) is 22.3 Å². The fourth-order valence-corrected chi connectivity index (χ4v) is 6.83. The minimum Gasteiger partial charge on any atom is -0.473 e. The highest BCUT2D eigenvalue weighted by molar-refractivity contribution is 7.91. The maximum Gasteiger partial charge on any atom is 0.264 e. The van der Waals surface area contributed by atoms with Gasteiger partial charge in [0.15, 0.2) is 0 Å². The molecule has 0 unspecified atom stereocenters. The van der Waals surface area contributed by atoms with Gasteiger partial charge in [0.1, 0.15) is 24.1 Å². The molecule has 10 nitrogen and oxygen atoms in total. The number of carbonyl (C=O) groups excluding carboxylic acids is 1. The van der Waals surface area contributed by atoms with Gasteiger partial charge in [0.05, 0.1) is 39.7 Å². The Labute approximate surface area is 288 Å². The highest BCUT2D eigenvalue weighted by atomic mass is 32.2. The van der Waals surface area contributed by atoms with Crippen LogP contribution in [-0.2, 0) is 29.6 Å². The number of halogens is 2. The van der Waals surface area contributed by atoms with Crippen molar-refractivity contribution in [2.75, 3.05) is 0 Å². The van der Waals surface area contributed by atoms with Gasteiger partial charge in [0, 0.05) is 42.1 Å². The summed E-state index contributed by atoms with van der Waals surface area (Å²) in [6.45, 7) is 4.07. The second kappa shape index (κ2) is 13.7. The molecule has 1 saturated carbocycles. The summed E-state index contributed by atoms with van der Waals surface area (Å²) in [6.07, 6.45) is 1.36. The summed E-state index contributed by atoms with van der Waals surface area (Å²) < 4.78 is 64.5. The van der Waals surface area contributed by atoms with Crippen LogP contribution in [0.15, 0.2) is 72.8 Å². The quantitative estimate of drug-likeness (QED) is 0.154. The third-order valence-electron chi connectivity index (χ3n) is 8.41. The first kappa shape index (κ1) is 34.2. The summed E-state index contributed by atoms with van der Waals surface area (Å²) in [7, 11) is -3.75. The van der Waals surface area contributed by atoms with Gasteiger partial charge in [-0.25, -0.2) is 31.9 Å². The Bertz CT molecular complexity index is 2320. The number of benzene rings is 3. The Morgan fingerprint density at radius 1 is 1.00 bits per heavy atom. The number of aromatic nitrogens is 3. The van der Waals surface area contributed by atoms with Crippen molar-refractivity contribution in [1.29, 1.82) is 10.5 Å². The van der Waals surface area contributed by atoms with E-state index in [9.17, 15) is 22.9 Å². The number of amides is 1. The van der Waals surface area contributed by atoms with E-state index in [2.05, 4.69) is 15.8 Å². The van der Waals surface area contributed by atoms with Gasteiger partial charge in [0.25, 0.3) is 5.91 Å². The highest BCUT2D eigenvalue weighted by Crippen LogP contribution is 2.31. The first-order valence-electron chi connectivity index (χ1n) is 15.8. The van der Waals surface area contributed by atoms with Crippen LogP contribution in [0, 0.1) is 39.7 Å². The molecule has 1 N–H and O–H groups in total. The van der Waals surface area contributed by atoms with Crippen LogP contribution in [0.5, 0.6) is 5.88 Å². The minimum absolute atomic E-state index is 0.0910. The van der Waals surface area contributed by atoms with Crippen molar-refractivity contribution < 1.29 is 26.7 Å². The van der Waals surface area contributed by atoms with Gasteiger partial charge in [-0.15, -0.1) is 0 Å². The van der Waals surface area contributed by atoms with Crippen LogP contribution in [0.4, 0.5) is 8.78 Å². The van der Waals surface area contributed by atoms with Crippen molar-refractivity contribution in [3.05, 3.63) is 113 Å². The summed E-state index contributed by atoms with van der Waals surface area (Å²) in [4.78, 5) is 22.1. The molecule has 1 aliphatic carbocycles. The van der Waals surface area contributed by atoms with Gasteiger partial charge in [0.2, 0.25) is 15.9 Å². The molecule has 1 aliphatic rings. The van der Waals surface area contributed by atoms with E-state index in [0.717, 1.165) is 6.07 Å². The maximum absolute atomic E-state index is 15.7. The number of carbonyl (C=O) groups is 1. The largest absolute Gasteiger partial charge is 0.473 e. The van der Waals surface area contributed by atoms with E-state index in [1.807, 2.05) is 24.5 Å². The molecular weight excluding hydrogens is 663 g/mol. The van der Waals surface area contributed by atoms with Gasteiger partial charge < -0.3 is 9.30 Å². The average Bonchev–Trinajstić information content (AvgIpc) is 3.90. The topological polar surface area (TPSA) is 151 Å². The monoisotopic (exact) mass is 694 g/mol. The van der Waals surface area contributed by atoms with Crippen molar-refractivity contribution in [3.63, 3.8) is 0 Å². The number of nitrogens with zero attached hydrogens (tertiary/aromatic N) is 5. The molecule has 3 aromatic carbocycles. The van der Waals surface area contributed by atoms with Crippen LogP contribution in [0.1, 0.15) is 66.0 Å². The Hall–Kier alpha value is -5.66. The molecule has 0 aliphatic heterocycles. The van der Waals surface area contributed by atoms with E-state index < -0.39 is 38.2 Å². The molecule has 0 saturated heterocycles. The number of pyridine rings is 1. The number of rotatable bonds is 12. The lowest BCUT2D eigenvalue weighted by atomic mass is 9.89. The Balaban J connectivity index is 1.25. The normalized spacial score (nSPS) is 13.1. The van der Waals surface area contributed by atoms with E-state index in [0.29, 0.717) is 53.1 Å². The number of ether oxygens (including phenoxy) is 1. The lowest BCUT2D eigenvalue weighted by Gasteiger charge is -2.24. The molecule has 0 spiro atoms. The summed E-state index contributed by atoms with van der Waals surface area (Å²) in [6, 6.07) is 22.6. The molecule has 0 atom stereocenters. The summed E-state index contributed by atoms with van der Waals surface area (Å²) in [5.74, 6) is -1.09. The molecule has 1 amide bonds. The maximum atomic E-state index is 15.7. The van der Waals surface area contributed by atoms with E-state index in [1.54, 1.807) is 42.5 Å². The van der Waals surface area contributed by atoms with Gasteiger partial charge in [-0.3, -0.25) is 4.79 Å². The van der Waals surface area contributed by atoms with Crippen molar-refractivity contribution in [1.82, 2.24) is 19.3 Å². The summed E-state index contributed by atoms with van der Waals surface area (Å²) in [5, 5.41) is 17.8. The van der Waals surface area contributed by atoms with Gasteiger partial charge in [-0.05, 0) is 66.3 Å². The minimum atomic E-state index is -3.75. The standard InChI is InChI=1S/C37H32F2N6O4S/c1-37(2,14-15-40)22-45-33-18-26(36(46)44-50(47,48)28-11-12-28)10-13-32(33)42-34(45)19-24-8-9-25(17-30(24)39)31-4-3-5-35(43-31)49-21-27-7-6-23(20-41)16-29(27)38/h3-10,13,16-18,28H,11-12,14,19,21-22H2,1-2H3,(H,44,46). The molecule has 0 radical (unpaired) electrons. The smallest absolute Gasteiger partial charge is 0.264 e. The van der Waals surface area contributed by atoms with Crippen LogP contribution in [-0.4, -0.2) is 34.1 Å². The van der Waals surface area contributed by atoms with Crippen molar-refractivity contribution >= 4 is 27.0 Å². The average molecular weight is 695 g/mol. The van der Waals surface area contributed by atoms with Crippen LogP contribution in [0.2, 0.25) is 0 Å². The van der Waals surface area contributed by atoms with E-state index in [4.69, 9.17) is 15.0 Å². The van der Waals surface area contributed by atoms with Crippen molar-refractivity contribution in [2.45, 2.75) is 57.9 Å². The van der Waals surface area contributed by atoms with Crippen LogP contribution >= 0.6 is 0 Å². The number of hydrogen-bond donors (Lipinski definition) is 1. The number of sulfonamides is 1. The zero-order valence-corrected chi connectivity index (χ0v) is 28.1. The summed E-state index contributed by atoms with van der Waals surface area (Å²) in [5.41, 5.74) is 2.47. The predicted octanol–water partition coefficient (Wildman–Crippen LogP) is 6.58. The Morgan fingerprint density at radius 3 is 2.46 bits per heavy atom. The molecule has 5 aromatic rings. The second-order valence-corrected chi connectivity index (χ2v) is 15.0. The Morgan fingerprint density at radius 2 is 1.76 bits per heavy atom. The molecule has 2 heterocycles. The molecule has 6 rings (SSSR count). The van der Waals surface area contributed by atoms with Crippen molar-refractivity contribution in [2.24, 2.45) is 5.41 Å². The summed E-state index contributed by atoms with van der Waals surface area (Å²) >= 11 is 0. The zero-order valence-electron chi connectivity index (χ0n) is 27.3. The fraction of sp³-hybridized carbons (Fsp3) is 0.270. The number of nitrogens with one attached hydrogen (secondary N) is 1. The number of imidazole rings is 1. The van der Waals surface area contributed by atoms with Crippen molar-refractivity contribution in [3.8, 4) is 29.3 Å². The first-order chi connectivity index (χ1) is 23.9. The number of fused-ring (bicyclic) bond motifs is 1. The number of nitriles is 2. The molecule has 2 aromatic heterocycles. The van der Waals surface area contributed by atoms with E-state index >= 15 is 4.39 Å². The molecule has 1 fully saturated rings. The van der Waals surface area contributed by atoms with Crippen LogP contribution < -0.4 is 9.46 Å². The van der Waals surface area contributed by atoms with E-state index in [-0.39, 0.29) is 42.0 Å². The predicted molar refractivity (Wildman–Crippen MR) is 181 cm³/mol. The second-order valence-electron chi connectivity index (χ2n) is 13.0. The highest BCUT2D eigenvalue weighted by Gasteiger charge is 2.37. The molecule has 0 bridgehead atoms. The fourth-order valence-electron chi connectivity index (χ4n) is 5.53. The van der Waals surface area contributed by atoms with E-state index in [1.165, 1.54) is 24.3 Å². The zero-order chi connectivity index (χ0) is 35.6. The molecule has 254 valence electrons. The lowest BCUT2D eigenvalue weighted by molar-refractivity contribution is 0.0981. The number of hydrogen-bond acceptors (Lipinski definition) is 8. The van der Waals surface area contributed by atoms with Gasteiger partial charge in [-0.2, -0.15) is 10.5 Å². The third kappa shape index (κ3) is 7.64. The van der Waals surface area contributed by atoms with Gasteiger partial charge >= 0.3 is 0 Å². The molecule has 13 heteroatoms. The Kier molecular flexibility index (Phi) is 9.37. The third-order valence-corrected chi connectivity index (χ3v) is 10.2. The van der Waals surface area contributed by atoms with Gasteiger partial charge in [-0.1, -0.05) is 38.1 Å². The SMILES string of the molecule is CC(C)(CC#N)Cn1c(Cc2ccc(-c3cccc(OCc4ccc(C#N)cc4F)n3)cc2F)nc2ccc(C(=O)NS(=O)(=O)C3CC3)cc21. The first-order valence-corrected chi connectivity index (χ1v) is 17.4.